The van der Waals surface area contributed by atoms with E-state index in [2.05, 4.69) is 26.9 Å². The van der Waals surface area contributed by atoms with Crippen molar-refractivity contribution in [3.8, 4) is 11.5 Å². The zero-order valence-electron chi connectivity index (χ0n) is 17.0. The lowest BCUT2D eigenvalue weighted by Crippen LogP contribution is -2.47. The molecule has 3 rings (SSSR count). The van der Waals surface area contributed by atoms with Crippen molar-refractivity contribution in [2.75, 3.05) is 33.3 Å². The number of amides is 1. The van der Waals surface area contributed by atoms with Gasteiger partial charge in [-0.05, 0) is 18.6 Å². The number of nitrogens with zero attached hydrogens (tertiary/aromatic N) is 3. The van der Waals surface area contributed by atoms with Gasteiger partial charge in [0, 0.05) is 49.7 Å². The molecule has 1 fully saturated rings. The van der Waals surface area contributed by atoms with E-state index in [4.69, 9.17) is 4.74 Å². The number of carbonyl (C=O) groups excluding carboxylic acids is 1. The summed E-state index contributed by atoms with van der Waals surface area (Å²) in [6.07, 6.45) is 3.81. The van der Waals surface area contributed by atoms with Crippen molar-refractivity contribution < 1.29 is 23.0 Å². The van der Waals surface area contributed by atoms with Gasteiger partial charge in [0.2, 0.25) is 5.91 Å². The van der Waals surface area contributed by atoms with Crippen LogP contribution in [0.3, 0.4) is 0 Å². The van der Waals surface area contributed by atoms with Crippen LogP contribution in [0.5, 0.6) is 11.5 Å². The molecule has 9 heteroatoms. The third-order valence-electron chi connectivity index (χ3n) is 4.81. The summed E-state index contributed by atoms with van der Waals surface area (Å²) in [7, 11) is 1.38. The maximum atomic E-state index is 12.7. The summed E-state index contributed by atoms with van der Waals surface area (Å²) in [5.74, 6) is -0.0623. The third kappa shape index (κ3) is 5.76. The number of benzene rings is 1. The molecule has 0 saturated carbocycles. The second-order valence-electron chi connectivity index (χ2n) is 6.78. The van der Waals surface area contributed by atoms with Gasteiger partial charge in [0.05, 0.1) is 17.8 Å². The molecule has 0 atom stereocenters. The monoisotopic (exact) mass is 437 g/mol. The number of hydrogen-bond acceptors (Lipinski definition) is 6. The molecule has 1 aliphatic heterocycles. The van der Waals surface area contributed by atoms with Gasteiger partial charge in [0.15, 0.2) is 11.5 Å². The first kappa shape index (κ1) is 22.2. The van der Waals surface area contributed by atoms with Gasteiger partial charge in [-0.3, -0.25) is 9.69 Å². The van der Waals surface area contributed by atoms with Gasteiger partial charge in [-0.2, -0.15) is 8.78 Å². The first-order chi connectivity index (χ1) is 14.5. The van der Waals surface area contributed by atoms with Crippen LogP contribution in [0.25, 0.3) is 6.08 Å². The molecule has 30 heavy (non-hydrogen) atoms. The third-order valence-corrected chi connectivity index (χ3v) is 5.85. The zero-order valence-corrected chi connectivity index (χ0v) is 17.8. The molecule has 0 bridgehead atoms. The number of ether oxygens (including phenoxy) is 2. The summed E-state index contributed by atoms with van der Waals surface area (Å²) >= 11 is 1.68. The Balaban J connectivity index is 1.57. The molecule has 0 unspecified atom stereocenters. The SMILES string of the molecule is CCc1nc(CN2CCN(C(=O)/C=C/c3cccc(OC)c3OC(F)F)CC2)cs1. The number of alkyl halides is 2. The van der Waals surface area contributed by atoms with Gasteiger partial charge in [-0.15, -0.1) is 11.3 Å². The topological polar surface area (TPSA) is 54.9 Å². The molecule has 6 nitrogen and oxygen atoms in total. The highest BCUT2D eigenvalue weighted by molar-refractivity contribution is 7.09. The molecule has 1 aromatic carbocycles. The summed E-state index contributed by atoms with van der Waals surface area (Å²) in [6, 6.07) is 4.78. The van der Waals surface area contributed by atoms with Gasteiger partial charge in [-0.1, -0.05) is 19.1 Å². The van der Waals surface area contributed by atoms with Crippen molar-refractivity contribution in [1.82, 2.24) is 14.8 Å². The van der Waals surface area contributed by atoms with Crippen molar-refractivity contribution >= 4 is 23.3 Å². The van der Waals surface area contributed by atoms with Gasteiger partial charge < -0.3 is 14.4 Å². The Hall–Kier alpha value is -2.52. The maximum absolute atomic E-state index is 12.7. The second kappa shape index (κ2) is 10.5. The highest BCUT2D eigenvalue weighted by atomic mass is 32.1. The van der Waals surface area contributed by atoms with Crippen molar-refractivity contribution in [2.45, 2.75) is 26.5 Å². The van der Waals surface area contributed by atoms with E-state index >= 15 is 0 Å². The molecule has 0 aliphatic carbocycles. The van der Waals surface area contributed by atoms with Crippen molar-refractivity contribution in [3.05, 3.63) is 45.9 Å². The highest BCUT2D eigenvalue weighted by Gasteiger charge is 2.21. The van der Waals surface area contributed by atoms with E-state index in [9.17, 15) is 13.6 Å². The molecule has 0 radical (unpaired) electrons. The number of aromatic nitrogens is 1. The van der Waals surface area contributed by atoms with Crippen LogP contribution in [0.4, 0.5) is 8.78 Å². The normalized spacial score (nSPS) is 15.2. The first-order valence-corrected chi connectivity index (χ1v) is 10.6. The first-order valence-electron chi connectivity index (χ1n) is 9.74. The Morgan fingerprint density at radius 3 is 2.70 bits per heavy atom. The predicted molar refractivity (Wildman–Crippen MR) is 112 cm³/mol. The van der Waals surface area contributed by atoms with E-state index in [0.29, 0.717) is 18.7 Å². The van der Waals surface area contributed by atoms with Crippen LogP contribution < -0.4 is 9.47 Å². The van der Waals surface area contributed by atoms with Crippen LogP contribution in [0.2, 0.25) is 0 Å². The van der Waals surface area contributed by atoms with Gasteiger partial charge >= 0.3 is 6.61 Å². The number of carbonyl (C=O) groups is 1. The largest absolute Gasteiger partial charge is 0.493 e. The molecule has 1 saturated heterocycles. The van der Waals surface area contributed by atoms with Gasteiger partial charge in [-0.25, -0.2) is 4.98 Å². The zero-order chi connectivity index (χ0) is 21.5. The van der Waals surface area contributed by atoms with Crippen LogP contribution in [-0.4, -0.2) is 60.6 Å². The molecule has 1 aliphatic rings. The number of thiazole rings is 1. The van der Waals surface area contributed by atoms with Crippen LogP contribution >= 0.6 is 11.3 Å². The second-order valence-corrected chi connectivity index (χ2v) is 7.72. The van der Waals surface area contributed by atoms with Crippen molar-refractivity contribution in [3.63, 3.8) is 0 Å². The Morgan fingerprint density at radius 1 is 1.30 bits per heavy atom. The Morgan fingerprint density at radius 2 is 2.07 bits per heavy atom. The standard InChI is InChI=1S/C21H25F2N3O3S/c1-3-18-24-16(14-30-18)13-25-9-11-26(12-10-25)19(27)8-7-15-5-4-6-17(28-2)20(15)29-21(22)23/h4-8,14,21H,3,9-13H2,1-2H3/b8-7+. The summed E-state index contributed by atoms with van der Waals surface area (Å²) in [4.78, 5) is 21.2. The van der Waals surface area contributed by atoms with Crippen LogP contribution in [-0.2, 0) is 17.8 Å². The lowest BCUT2D eigenvalue weighted by molar-refractivity contribution is -0.127. The lowest BCUT2D eigenvalue weighted by Gasteiger charge is -2.33. The fourth-order valence-electron chi connectivity index (χ4n) is 3.25. The minimum atomic E-state index is -2.98. The van der Waals surface area contributed by atoms with Crippen molar-refractivity contribution in [2.24, 2.45) is 0 Å². The molecular weight excluding hydrogens is 412 g/mol. The summed E-state index contributed by atoms with van der Waals surface area (Å²) in [6.45, 7) is 2.62. The van der Waals surface area contributed by atoms with Crippen LogP contribution in [0.15, 0.2) is 29.7 Å². The minimum Gasteiger partial charge on any atom is -0.493 e. The quantitative estimate of drug-likeness (QED) is 0.590. The van der Waals surface area contributed by atoms with E-state index in [1.54, 1.807) is 28.4 Å². The van der Waals surface area contributed by atoms with E-state index < -0.39 is 6.61 Å². The van der Waals surface area contributed by atoms with E-state index in [1.807, 2.05) is 0 Å². The Kier molecular flexibility index (Phi) is 7.75. The molecule has 1 aromatic heterocycles. The summed E-state index contributed by atoms with van der Waals surface area (Å²) in [5, 5.41) is 3.23. The predicted octanol–water partition coefficient (Wildman–Crippen LogP) is 3.67. The van der Waals surface area contributed by atoms with Gasteiger partial charge in [0.25, 0.3) is 0 Å². The van der Waals surface area contributed by atoms with Crippen LogP contribution in [0, 0.1) is 0 Å². The molecule has 0 spiro atoms. The van der Waals surface area contributed by atoms with Crippen LogP contribution in [0.1, 0.15) is 23.2 Å². The minimum absolute atomic E-state index is 0.0846. The Labute approximate surface area is 178 Å². The van der Waals surface area contributed by atoms with E-state index in [0.717, 1.165) is 36.8 Å². The average molecular weight is 438 g/mol. The molecule has 1 amide bonds. The van der Waals surface area contributed by atoms with Crippen molar-refractivity contribution in [1.29, 1.82) is 0 Å². The number of piperazine rings is 1. The lowest BCUT2D eigenvalue weighted by atomic mass is 10.1. The molecule has 0 N–H and O–H groups in total. The van der Waals surface area contributed by atoms with Gasteiger partial charge in [0.1, 0.15) is 0 Å². The number of para-hydroxylation sites is 1. The number of halogens is 2. The fraction of sp³-hybridized carbons (Fsp3) is 0.429. The fourth-order valence-corrected chi connectivity index (χ4v) is 3.98. The number of methoxy groups -OCH3 is 1. The maximum Gasteiger partial charge on any atom is 0.387 e. The Bertz CT molecular complexity index is 880. The molecule has 2 heterocycles. The molecule has 162 valence electrons. The molecular formula is C21H25F2N3O3S. The molecule has 2 aromatic rings. The summed E-state index contributed by atoms with van der Waals surface area (Å²) in [5.41, 5.74) is 1.43. The smallest absolute Gasteiger partial charge is 0.387 e. The number of hydrogen-bond donors (Lipinski definition) is 0. The number of aryl methyl sites for hydroxylation is 1. The average Bonchev–Trinajstić information content (AvgIpc) is 3.20. The van der Waals surface area contributed by atoms with E-state index in [-0.39, 0.29) is 17.4 Å². The summed E-state index contributed by atoms with van der Waals surface area (Å²) < 4.78 is 35.1. The number of rotatable bonds is 8. The highest BCUT2D eigenvalue weighted by Crippen LogP contribution is 2.33. The van der Waals surface area contributed by atoms with E-state index in [1.165, 1.54) is 25.3 Å².